The van der Waals surface area contributed by atoms with Gasteiger partial charge in [0, 0.05) is 17.8 Å². The van der Waals surface area contributed by atoms with E-state index in [1.165, 1.54) is 35.4 Å². The van der Waals surface area contributed by atoms with Gasteiger partial charge in [-0.1, -0.05) is 5.18 Å². The maximum Gasteiger partial charge on any atom is 0.416 e. The first-order valence-electron chi connectivity index (χ1n) is 9.14. The van der Waals surface area contributed by atoms with Crippen LogP contribution in [-0.4, -0.2) is 28.5 Å². The third-order valence-corrected chi connectivity index (χ3v) is 3.92. The van der Waals surface area contributed by atoms with Crippen molar-refractivity contribution in [1.82, 2.24) is 4.98 Å². The molecule has 0 fully saturated rings. The van der Waals surface area contributed by atoms with E-state index in [4.69, 9.17) is 4.74 Å². The molecule has 7 nitrogen and oxygen atoms in total. The lowest BCUT2D eigenvalue weighted by molar-refractivity contribution is 0.0569. The number of ether oxygens (including phenoxy) is 1. The van der Waals surface area contributed by atoms with Gasteiger partial charge in [0.25, 0.3) is 0 Å². The van der Waals surface area contributed by atoms with E-state index < -0.39 is 29.3 Å². The highest BCUT2D eigenvalue weighted by molar-refractivity contribution is 6.01. The normalized spacial score (nSPS) is 12.4. The van der Waals surface area contributed by atoms with Crippen molar-refractivity contribution < 1.29 is 18.7 Å². The fraction of sp³-hybridized carbons (Fsp3) is 0.381. The second kappa shape index (κ2) is 8.89. The van der Waals surface area contributed by atoms with Crippen LogP contribution in [0.3, 0.4) is 0 Å². The van der Waals surface area contributed by atoms with Crippen molar-refractivity contribution in [3.63, 3.8) is 0 Å². The standard InChI is InChI=1S/C21H24FN3O4/c1-13(2)25(20(27)29-21(3,4)5)17-12-15(10-11-23-17)18(24-28)19(26)14-6-8-16(22)9-7-14/h6-13,18H,1-5H3. The molecule has 1 amide bonds. The van der Waals surface area contributed by atoms with E-state index in [1.54, 1.807) is 34.6 Å². The van der Waals surface area contributed by atoms with Gasteiger partial charge in [0.15, 0.2) is 11.8 Å². The van der Waals surface area contributed by atoms with Gasteiger partial charge in [0.05, 0.1) is 0 Å². The van der Waals surface area contributed by atoms with Crippen LogP contribution in [0.1, 0.15) is 56.6 Å². The number of hydrogen-bond donors (Lipinski definition) is 0. The van der Waals surface area contributed by atoms with E-state index in [-0.39, 0.29) is 23.0 Å². The van der Waals surface area contributed by atoms with Crippen molar-refractivity contribution in [2.24, 2.45) is 5.18 Å². The van der Waals surface area contributed by atoms with Gasteiger partial charge < -0.3 is 4.74 Å². The molecule has 1 unspecified atom stereocenters. The van der Waals surface area contributed by atoms with Gasteiger partial charge >= 0.3 is 6.09 Å². The number of anilines is 1. The molecule has 0 saturated heterocycles. The number of carbonyl (C=O) groups excluding carboxylic acids is 2. The molecule has 0 aliphatic carbocycles. The summed E-state index contributed by atoms with van der Waals surface area (Å²) in [4.78, 5) is 42.3. The van der Waals surface area contributed by atoms with Crippen molar-refractivity contribution in [3.05, 3.63) is 64.4 Å². The van der Waals surface area contributed by atoms with Gasteiger partial charge in [-0.2, -0.15) is 0 Å². The molecule has 154 valence electrons. The number of amides is 1. The predicted molar refractivity (Wildman–Crippen MR) is 107 cm³/mol. The van der Waals surface area contributed by atoms with E-state index in [0.717, 1.165) is 12.1 Å². The highest BCUT2D eigenvalue weighted by Gasteiger charge is 2.29. The Bertz CT molecular complexity index is 892. The summed E-state index contributed by atoms with van der Waals surface area (Å²) in [6, 6.07) is 6.14. The number of ketones is 1. The van der Waals surface area contributed by atoms with Crippen molar-refractivity contribution in [2.75, 3.05) is 4.90 Å². The maximum absolute atomic E-state index is 13.1. The van der Waals surface area contributed by atoms with Crippen LogP contribution in [0.5, 0.6) is 0 Å². The maximum atomic E-state index is 13.1. The number of benzene rings is 1. The second-order valence-electron chi connectivity index (χ2n) is 7.77. The fourth-order valence-corrected chi connectivity index (χ4v) is 2.65. The Hall–Kier alpha value is -3.16. The highest BCUT2D eigenvalue weighted by Crippen LogP contribution is 2.27. The molecule has 1 atom stereocenters. The van der Waals surface area contributed by atoms with E-state index in [9.17, 15) is 18.9 Å². The average Bonchev–Trinajstić information content (AvgIpc) is 2.61. The third-order valence-electron chi connectivity index (χ3n) is 3.92. The zero-order chi connectivity index (χ0) is 21.8. The van der Waals surface area contributed by atoms with E-state index in [1.807, 2.05) is 0 Å². The van der Waals surface area contributed by atoms with Gasteiger partial charge in [0.2, 0.25) is 0 Å². The predicted octanol–water partition coefficient (Wildman–Crippen LogP) is 5.06. The van der Waals surface area contributed by atoms with Gasteiger partial charge in [-0.05, 0) is 76.6 Å². The molecule has 0 bridgehead atoms. The molecule has 0 radical (unpaired) electrons. The van der Waals surface area contributed by atoms with Crippen LogP contribution in [0.25, 0.3) is 0 Å². The fourth-order valence-electron chi connectivity index (χ4n) is 2.65. The molecule has 1 aromatic carbocycles. The summed E-state index contributed by atoms with van der Waals surface area (Å²) >= 11 is 0. The SMILES string of the molecule is CC(C)N(C(=O)OC(C)(C)C)c1cc(C(N=O)C(=O)c2ccc(F)cc2)ccn1. The summed E-state index contributed by atoms with van der Waals surface area (Å²) in [7, 11) is 0. The van der Waals surface area contributed by atoms with E-state index in [2.05, 4.69) is 10.2 Å². The van der Waals surface area contributed by atoms with Crippen LogP contribution in [0.15, 0.2) is 47.8 Å². The van der Waals surface area contributed by atoms with Gasteiger partial charge in [0.1, 0.15) is 17.2 Å². The molecule has 2 aromatic rings. The minimum Gasteiger partial charge on any atom is -0.443 e. The minimum absolute atomic E-state index is 0.155. The number of nitroso groups, excluding NO2 is 1. The first-order chi connectivity index (χ1) is 13.5. The molecule has 0 aliphatic rings. The van der Waals surface area contributed by atoms with Crippen LogP contribution >= 0.6 is 0 Å². The molecule has 0 N–H and O–H groups in total. The molecule has 0 aliphatic heterocycles. The largest absolute Gasteiger partial charge is 0.443 e. The summed E-state index contributed by atoms with van der Waals surface area (Å²) in [5, 5.41) is 2.95. The lowest BCUT2D eigenvalue weighted by atomic mass is 9.98. The van der Waals surface area contributed by atoms with Crippen LogP contribution in [-0.2, 0) is 4.74 Å². The summed E-state index contributed by atoms with van der Waals surface area (Å²) in [5.41, 5.74) is -0.274. The lowest BCUT2D eigenvalue weighted by Gasteiger charge is -2.29. The van der Waals surface area contributed by atoms with E-state index >= 15 is 0 Å². The lowest BCUT2D eigenvalue weighted by Crippen LogP contribution is -2.41. The van der Waals surface area contributed by atoms with Crippen LogP contribution < -0.4 is 4.90 Å². The molecule has 2 rings (SSSR count). The number of aromatic nitrogens is 1. The molecule has 8 heteroatoms. The zero-order valence-electron chi connectivity index (χ0n) is 17.0. The Morgan fingerprint density at radius 1 is 1.14 bits per heavy atom. The molecule has 0 spiro atoms. The Balaban J connectivity index is 2.38. The van der Waals surface area contributed by atoms with Crippen molar-refractivity contribution in [3.8, 4) is 0 Å². The van der Waals surface area contributed by atoms with Crippen molar-refractivity contribution in [1.29, 1.82) is 0 Å². The number of Topliss-reactive ketones (excluding diaryl/α,β-unsaturated/α-hetero) is 1. The minimum atomic E-state index is -1.35. The van der Waals surface area contributed by atoms with Crippen molar-refractivity contribution >= 4 is 17.7 Å². The molecule has 0 saturated carbocycles. The topological polar surface area (TPSA) is 88.9 Å². The smallest absolute Gasteiger partial charge is 0.416 e. The van der Waals surface area contributed by atoms with Gasteiger partial charge in [-0.3, -0.25) is 9.69 Å². The molecular formula is C21H24FN3O4. The summed E-state index contributed by atoms with van der Waals surface area (Å²) in [6.07, 6.45) is 0.790. The summed E-state index contributed by atoms with van der Waals surface area (Å²) < 4.78 is 18.5. The first-order valence-corrected chi connectivity index (χ1v) is 9.14. The number of hydrogen-bond acceptors (Lipinski definition) is 6. The number of halogens is 1. The van der Waals surface area contributed by atoms with Crippen molar-refractivity contribution in [2.45, 2.75) is 52.3 Å². The first kappa shape index (κ1) is 22.1. The zero-order valence-corrected chi connectivity index (χ0v) is 17.0. The Kier molecular flexibility index (Phi) is 6.79. The molecule has 1 aromatic heterocycles. The number of pyridine rings is 1. The number of nitrogens with zero attached hydrogens (tertiary/aromatic N) is 3. The van der Waals surface area contributed by atoms with Crippen LogP contribution in [0, 0.1) is 10.7 Å². The molecule has 1 heterocycles. The number of rotatable bonds is 6. The van der Waals surface area contributed by atoms with Crippen LogP contribution in [0.4, 0.5) is 15.0 Å². The van der Waals surface area contributed by atoms with Gasteiger partial charge in [-0.25, -0.2) is 14.2 Å². The quantitative estimate of drug-likeness (QED) is 0.498. The monoisotopic (exact) mass is 401 g/mol. The summed E-state index contributed by atoms with van der Waals surface area (Å²) in [5.74, 6) is -0.842. The Labute approximate surface area is 168 Å². The average molecular weight is 401 g/mol. The Morgan fingerprint density at radius 2 is 1.76 bits per heavy atom. The van der Waals surface area contributed by atoms with Gasteiger partial charge in [-0.15, -0.1) is 4.91 Å². The number of carbonyl (C=O) groups is 2. The second-order valence-corrected chi connectivity index (χ2v) is 7.77. The Morgan fingerprint density at radius 3 is 2.28 bits per heavy atom. The third kappa shape index (κ3) is 5.66. The van der Waals surface area contributed by atoms with E-state index in [0.29, 0.717) is 0 Å². The highest BCUT2D eigenvalue weighted by atomic mass is 19.1. The van der Waals surface area contributed by atoms with Crippen LogP contribution in [0.2, 0.25) is 0 Å². The molecule has 29 heavy (non-hydrogen) atoms. The summed E-state index contributed by atoms with van der Waals surface area (Å²) in [6.45, 7) is 8.83. The molecular weight excluding hydrogens is 377 g/mol.